The number of fused-ring (bicyclic) bond motifs is 6. The van der Waals surface area contributed by atoms with Crippen LogP contribution in [-0.2, 0) is 27.1 Å². The molecule has 1 amide bonds. The van der Waals surface area contributed by atoms with Gasteiger partial charge in [-0.15, -0.1) is 0 Å². The smallest absolute Gasteiger partial charge is 0.413 e. The van der Waals surface area contributed by atoms with Crippen LogP contribution in [0.2, 0.25) is 0 Å². The van der Waals surface area contributed by atoms with Gasteiger partial charge in [0.1, 0.15) is 29.5 Å². The summed E-state index contributed by atoms with van der Waals surface area (Å²) in [5.41, 5.74) is 6.10. The summed E-state index contributed by atoms with van der Waals surface area (Å²) in [7, 11) is 0. The fourth-order valence-electron chi connectivity index (χ4n) is 11.4. The van der Waals surface area contributed by atoms with Gasteiger partial charge in [0.05, 0.1) is 28.9 Å². The SMILES string of the molecule is Cc1cc(-c2ncc3c(N4CC5CCC(C4)N5C(=O)OC(C)OC(=O)C(C)C)nc(OCC45CCCN4C(c4ccc6c(c4)CCCC6)CC5)nc3c2F)c2c(C)c(F)ccc2c1. The normalized spacial score (nSPS) is 23.7. The number of aryl methyl sites for hydroxylation is 4. The second-order valence-electron chi connectivity index (χ2n) is 18.9. The van der Waals surface area contributed by atoms with Gasteiger partial charge in [-0.2, -0.15) is 9.97 Å². The number of halogens is 2. The quantitative estimate of drug-likeness (QED) is 0.105. The molecule has 11 nitrogen and oxygen atoms in total. The van der Waals surface area contributed by atoms with Crippen molar-refractivity contribution in [2.45, 2.75) is 129 Å². The van der Waals surface area contributed by atoms with Gasteiger partial charge in [0.15, 0.2) is 5.82 Å². The summed E-state index contributed by atoms with van der Waals surface area (Å²) in [5, 5.41) is 1.81. The summed E-state index contributed by atoms with van der Waals surface area (Å²) >= 11 is 0. The van der Waals surface area contributed by atoms with E-state index in [1.54, 1.807) is 44.9 Å². The minimum absolute atomic E-state index is 0.0674. The molecule has 5 aliphatic rings. The lowest BCUT2D eigenvalue weighted by molar-refractivity contribution is -0.170. The molecular formula is C50H56F2N6O5. The summed E-state index contributed by atoms with van der Waals surface area (Å²) < 4.78 is 50.2. The number of carbonyl (C=O) groups excluding carboxylic acids is 2. The molecular weight excluding hydrogens is 803 g/mol. The molecule has 6 heterocycles. The Morgan fingerprint density at radius 1 is 0.889 bits per heavy atom. The number of hydrogen-bond donors (Lipinski definition) is 0. The van der Waals surface area contributed by atoms with Crippen LogP contribution in [0.5, 0.6) is 6.01 Å². The van der Waals surface area contributed by atoms with E-state index in [-0.39, 0.29) is 46.6 Å². The molecule has 5 unspecified atom stereocenters. The van der Waals surface area contributed by atoms with Crippen molar-refractivity contribution < 1.29 is 32.6 Å². The first-order valence-electron chi connectivity index (χ1n) is 22.9. The van der Waals surface area contributed by atoms with E-state index in [9.17, 15) is 9.59 Å². The van der Waals surface area contributed by atoms with Crippen LogP contribution in [0.1, 0.15) is 106 Å². The highest BCUT2D eigenvalue weighted by Gasteiger charge is 2.51. The van der Waals surface area contributed by atoms with Gasteiger partial charge in [0, 0.05) is 37.8 Å². The standard InChI is InChI=1S/C50H56F2N6O5/c1-28(2)47(59)62-31(5)63-49(60)58-36-14-15-37(58)26-56(25-36)46-39-24-53-44(38-22-29(3)21-35-13-16-40(51)30(4)42(35)38)43(52)45(39)54-48(55-46)61-27-50-18-8-20-57(50)41(17-19-50)34-12-11-32-9-6-7-10-33(32)23-34/h11-13,16,21-24,28,31,36-37,41H,6-10,14-15,17-20,25-27H2,1-5H3. The zero-order valence-corrected chi connectivity index (χ0v) is 36.9. The van der Waals surface area contributed by atoms with Crippen LogP contribution >= 0.6 is 0 Å². The first-order chi connectivity index (χ1) is 30.4. The van der Waals surface area contributed by atoms with E-state index in [0.717, 1.165) is 68.9 Å². The highest BCUT2D eigenvalue weighted by atomic mass is 19.1. The summed E-state index contributed by atoms with van der Waals surface area (Å²) in [5.74, 6) is -1.33. The molecule has 13 heteroatoms. The molecule has 63 heavy (non-hydrogen) atoms. The molecule has 2 aromatic heterocycles. The second-order valence-corrected chi connectivity index (χ2v) is 18.9. The Balaban J connectivity index is 0.991. The molecule has 0 radical (unpaired) electrons. The van der Waals surface area contributed by atoms with Crippen molar-refractivity contribution >= 4 is 39.6 Å². The van der Waals surface area contributed by atoms with Crippen molar-refractivity contribution in [2.24, 2.45) is 5.92 Å². The fraction of sp³-hybridized carbons (Fsp3) is 0.500. The molecule has 10 rings (SSSR count). The van der Waals surface area contributed by atoms with Crippen LogP contribution in [0.25, 0.3) is 32.9 Å². The number of carbonyl (C=O) groups is 2. The number of benzene rings is 3. The van der Waals surface area contributed by atoms with E-state index in [2.05, 4.69) is 28.0 Å². The first kappa shape index (κ1) is 41.6. The van der Waals surface area contributed by atoms with Crippen molar-refractivity contribution in [3.63, 3.8) is 0 Å². The van der Waals surface area contributed by atoms with E-state index in [1.807, 2.05) is 19.1 Å². The number of anilines is 1. The van der Waals surface area contributed by atoms with E-state index in [0.29, 0.717) is 53.5 Å². The second kappa shape index (κ2) is 16.3. The van der Waals surface area contributed by atoms with E-state index >= 15 is 8.78 Å². The maximum Gasteiger partial charge on any atom is 0.413 e. The van der Waals surface area contributed by atoms with Crippen molar-refractivity contribution in [1.82, 2.24) is 24.8 Å². The lowest BCUT2D eigenvalue weighted by atomic mass is 9.88. The number of piperazine rings is 1. The zero-order valence-electron chi connectivity index (χ0n) is 36.9. The van der Waals surface area contributed by atoms with Crippen molar-refractivity contribution in [3.05, 3.63) is 88.1 Å². The van der Waals surface area contributed by atoms with Gasteiger partial charge < -0.3 is 19.1 Å². The van der Waals surface area contributed by atoms with Crippen LogP contribution in [0.15, 0.2) is 48.7 Å². The third-order valence-electron chi connectivity index (χ3n) is 14.5. The average molecular weight is 859 g/mol. The number of rotatable bonds is 9. The number of aromatic nitrogens is 3. The van der Waals surface area contributed by atoms with Gasteiger partial charge in [-0.3, -0.25) is 19.6 Å². The Morgan fingerprint density at radius 3 is 2.44 bits per heavy atom. The molecule has 3 aromatic carbocycles. The fourth-order valence-corrected chi connectivity index (χ4v) is 11.4. The number of nitrogens with zero attached hydrogens (tertiary/aromatic N) is 6. The van der Waals surface area contributed by atoms with Gasteiger partial charge in [-0.25, -0.2) is 13.6 Å². The molecule has 0 N–H and O–H groups in total. The molecule has 4 aliphatic heterocycles. The maximum atomic E-state index is 17.4. The number of ether oxygens (including phenoxy) is 3. The lowest BCUT2D eigenvalue weighted by Crippen LogP contribution is -2.56. The van der Waals surface area contributed by atoms with Gasteiger partial charge in [-0.05, 0) is 135 Å². The Morgan fingerprint density at radius 2 is 1.67 bits per heavy atom. The molecule has 1 aliphatic carbocycles. The van der Waals surface area contributed by atoms with Crippen LogP contribution < -0.4 is 9.64 Å². The lowest BCUT2D eigenvalue weighted by Gasteiger charge is -2.41. The minimum Gasteiger partial charge on any atom is -0.461 e. The van der Waals surface area contributed by atoms with Crippen LogP contribution in [0.3, 0.4) is 0 Å². The predicted molar refractivity (Wildman–Crippen MR) is 237 cm³/mol. The van der Waals surface area contributed by atoms with Crippen LogP contribution in [0.4, 0.5) is 19.4 Å². The summed E-state index contributed by atoms with van der Waals surface area (Å²) in [6, 6.07) is 14.0. The molecule has 5 aromatic rings. The molecule has 0 spiro atoms. The molecule has 2 bridgehead atoms. The molecule has 4 saturated heterocycles. The van der Waals surface area contributed by atoms with Gasteiger partial charge >= 0.3 is 18.1 Å². The largest absolute Gasteiger partial charge is 0.461 e. The van der Waals surface area contributed by atoms with Crippen molar-refractivity contribution in [1.29, 1.82) is 0 Å². The highest BCUT2D eigenvalue weighted by molar-refractivity contribution is 6.01. The molecule has 330 valence electrons. The molecule has 4 fully saturated rings. The third kappa shape index (κ3) is 7.43. The van der Waals surface area contributed by atoms with Crippen LogP contribution in [-0.4, -0.2) is 87.0 Å². The number of pyridine rings is 1. The monoisotopic (exact) mass is 858 g/mol. The number of hydrogen-bond acceptors (Lipinski definition) is 10. The minimum atomic E-state index is -1.03. The number of esters is 1. The van der Waals surface area contributed by atoms with Crippen LogP contribution in [0, 0.1) is 31.4 Å². The predicted octanol–water partition coefficient (Wildman–Crippen LogP) is 9.70. The highest BCUT2D eigenvalue weighted by Crippen LogP contribution is 2.49. The Kier molecular flexibility index (Phi) is 10.7. The van der Waals surface area contributed by atoms with Crippen molar-refractivity contribution in [2.75, 3.05) is 31.1 Å². The number of amides is 1. The van der Waals surface area contributed by atoms with Gasteiger partial charge in [-0.1, -0.05) is 44.2 Å². The summed E-state index contributed by atoms with van der Waals surface area (Å²) in [6.45, 7) is 10.8. The average Bonchev–Trinajstić information content (AvgIpc) is 3.93. The topological polar surface area (TPSA) is 110 Å². The summed E-state index contributed by atoms with van der Waals surface area (Å²) in [6.07, 6.45) is 10.4. The Hall–Kier alpha value is -5.43. The third-order valence-corrected chi connectivity index (χ3v) is 14.5. The maximum absolute atomic E-state index is 17.4. The molecule has 0 saturated carbocycles. The van der Waals surface area contributed by atoms with Gasteiger partial charge in [0.25, 0.3) is 0 Å². The first-order valence-corrected chi connectivity index (χ1v) is 22.9. The molecule has 5 atom stereocenters. The Bertz CT molecular complexity index is 2630. The van der Waals surface area contributed by atoms with Crippen molar-refractivity contribution in [3.8, 4) is 17.3 Å². The zero-order chi connectivity index (χ0) is 43.7. The van der Waals surface area contributed by atoms with Gasteiger partial charge in [0.2, 0.25) is 6.29 Å². The Labute approximate surface area is 367 Å². The van der Waals surface area contributed by atoms with E-state index in [1.165, 1.54) is 35.6 Å². The van der Waals surface area contributed by atoms with E-state index in [4.69, 9.17) is 29.2 Å². The summed E-state index contributed by atoms with van der Waals surface area (Å²) in [4.78, 5) is 46.8. The van der Waals surface area contributed by atoms with E-state index < -0.39 is 24.2 Å².